The van der Waals surface area contributed by atoms with E-state index in [2.05, 4.69) is 16.8 Å². The van der Waals surface area contributed by atoms with E-state index in [1.54, 1.807) is 7.11 Å². The molecule has 0 aliphatic carbocycles. The molecular weight excluding hydrogens is 214 g/mol. The van der Waals surface area contributed by atoms with Gasteiger partial charge in [-0.05, 0) is 31.0 Å². The summed E-state index contributed by atoms with van der Waals surface area (Å²) in [7, 11) is 1.78. The van der Waals surface area contributed by atoms with E-state index in [0.29, 0.717) is 6.10 Å². The van der Waals surface area contributed by atoms with Crippen LogP contribution in [0.4, 0.5) is 0 Å². The molecule has 1 saturated heterocycles. The number of rotatable bonds is 4. The average molecular weight is 235 g/mol. The number of ether oxygens (including phenoxy) is 1. The van der Waals surface area contributed by atoms with Gasteiger partial charge in [-0.15, -0.1) is 0 Å². The molecule has 3 unspecified atom stereocenters. The second kappa shape index (κ2) is 5.58. The molecule has 1 fully saturated rings. The summed E-state index contributed by atoms with van der Waals surface area (Å²) < 4.78 is 5.41. The molecule has 4 heteroatoms. The number of hydrogen-bond acceptors (Lipinski definition) is 4. The van der Waals surface area contributed by atoms with Crippen molar-refractivity contribution in [2.24, 2.45) is 5.73 Å². The van der Waals surface area contributed by atoms with Gasteiger partial charge in [-0.2, -0.15) is 0 Å². The van der Waals surface area contributed by atoms with E-state index in [1.165, 1.54) is 5.56 Å². The van der Waals surface area contributed by atoms with E-state index < -0.39 is 0 Å². The SMILES string of the molecule is COC1CCN(C(c2ccncc2)C(C)N)C1. The van der Waals surface area contributed by atoms with Crippen molar-refractivity contribution in [2.45, 2.75) is 31.5 Å². The van der Waals surface area contributed by atoms with Crippen LogP contribution in [0.25, 0.3) is 0 Å². The number of pyridine rings is 1. The predicted molar refractivity (Wildman–Crippen MR) is 67.6 cm³/mol. The molecule has 2 rings (SSSR count). The van der Waals surface area contributed by atoms with Gasteiger partial charge in [-0.1, -0.05) is 0 Å². The zero-order valence-electron chi connectivity index (χ0n) is 10.5. The fourth-order valence-corrected chi connectivity index (χ4v) is 2.61. The fourth-order valence-electron chi connectivity index (χ4n) is 2.61. The van der Waals surface area contributed by atoms with Crippen LogP contribution < -0.4 is 5.73 Å². The molecule has 1 aliphatic heterocycles. The van der Waals surface area contributed by atoms with E-state index in [-0.39, 0.29) is 12.1 Å². The van der Waals surface area contributed by atoms with E-state index in [4.69, 9.17) is 10.5 Å². The summed E-state index contributed by atoms with van der Waals surface area (Å²) in [5, 5.41) is 0. The maximum atomic E-state index is 6.13. The Labute approximate surface area is 103 Å². The van der Waals surface area contributed by atoms with Crippen molar-refractivity contribution in [3.8, 4) is 0 Å². The molecule has 2 N–H and O–H groups in total. The topological polar surface area (TPSA) is 51.4 Å². The summed E-state index contributed by atoms with van der Waals surface area (Å²) in [6, 6.07) is 4.47. The van der Waals surface area contributed by atoms with E-state index in [9.17, 15) is 0 Å². The molecule has 1 aromatic heterocycles. The van der Waals surface area contributed by atoms with Crippen LogP contribution in [0.15, 0.2) is 24.5 Å². The molecule has 1 aromatic rings. The van der Waals surface area contributed by atoms with Crippen LogP contribution in [-0.4, -0.2) is 42.2 Å². The average Bonchev–Trinajstić information content (AvgIpc) is 2.79. The lowest BCUT2D eigenvalue weighted by Crippen LogP contribution is -2.38. The van der Waals surface area contributed by atoms with Crippen molar-refractivity contribution in [2.75, 3.05) is 20.2 Å². The third-order valence-corrected chi connectivity index (χ3v) is 3.45. The maximum Gasteiger partial charge on any atom is 0.0710 e. The van der Waals surface area contributed by atoms with Gasteiger partial charge in [-0.3, -0.25) is 9.88 Å². The second-order valence-corrected chi connectivity index (χ2v) is 4.73. The fraction of sp³-hybridized carbons (Fsp3) is 0.615. The number of methoxy groups -OCH3 is 1. The lowest BCUT2D eigenvalue weighted by molar-refractivity contribution is 0.0982. The first-order valence-corrected chi connectivity index (χ1v) is 6.14. The maximum absolute atomic E-state index is 6.13. The summed E-state index contributed by atoms with van der Waals surface area (Å²) in [4.78, 5) is 6.47. The van der Waals surface area contributed by atoms with Gasteiger partial charge in [0.05, 0.1) is 6.10 Å². The summed E-state index contributed by atoms with van der Waals surface area (Å²) in [6.45, 7) is 4.07. The first kappa shape index (κ1) is 12.5. The highest BCUT2D eigenvalue weighted by Crippen LogP contribution is 2.27. The molecule has 1 aliphatic rings. The van der Waals surface area contributed by atoms with Crippen LogP contribution in [0.1, 0.15) is 24.9 Å². The Morgan fingerprint density at radius 1 is 1.47 bits per heavy atom. The zero-order chi connectivity index (χ0) is 12.3. The van der Waals surface area contributed by atoms with Gasteiger partial charge in [0.2, 0.25) is 0 Å². The number of hydrogen-bond donors (Lipinski definition) is 1. The van der Waals surface area contributed by atoms with Crippen molar-refractivity contribution in [1.29, 1.82) is 0 Å². The van der Waals surface area contributed by atoms with Crippen molar-refractivity contribution in [3.63, 3.8) is 0 Å². The van der Waals surface area contributed by atoms with E-state index in [0.717, 1.165) is 19.5 Å². The Morgan fingerprint density at radius 2 is 2.18 bits per heavy atom. The van der Waals surface area contributed by atoms with Crippen LogP contribution in [0.2, 0.25) is 0 Å². The summed E-state index contributed by atoms with van der Waals surface area (Å²) in [5.74, 6) is 0. The van der Waals surface area contributed by atoms with Gasteiger partial charge in [0.15, 0.2) is 0 Å². The molecule has 0 amide bonds. The molecule has 94 valence electrons. The van der Waals surface area contributed by atoms with Crippen LogP contribution >= 0.6 is 0 Å². The normalized spacial score (nSPS) is 24.8. The lowest BCUT2D eigenvalue weighted by atomic mass is 10.0. The molecule has 0 bridgehead atoms. The third-order valence-electron chi connectivity index (χ3n) is 3.45. The Balaban J connectivity index is 2.14. The summed E-state index contributed by atoms with van der Waals surface area (Å²) in [5.41, 5.74) is 7.37. The minimum atomic E-state index is 0.105. The van der Waals surface area contributed by atoms with Gasteiger partial charge in [0.1, 0.15) is 0 Å². The molecule has 0 radical (unpaired) electrons. The van der Waals surface area contributed by atoms with Crippen LogP contribution in [0.3, 0.4) is 0 Å². The molecule has 2 heterocycles. The van der Waals surface area contributed by atoms with Crippen LogP contribution in [-0.2, 0) is 4.74 Å². The Bertz CT molecular complexity index is 342. The zero-order valence-corrected chi connectivity index (χ0v) is 10.5. The predicted octanol–water partition coefficient (Wildman–Crippen LogP) is 1.19. The highest BCUT2D eigenvalue weighted by molar-refractivity contribution is 5.17. The lowest BCUT2D eigenvalue weighted by Gasteiger charge is -2.31. The first-order chi connectivity index (χ1) is 8.22. The number of likely N-dealkylation sites (tertiary alicyclic amines) is 1. The van der Waals surface area contributed by atoms with Crippen molar-refractivity contribution < 1.29 is 4.74 Å². The van der Waals surface area contributed by atoms with Crippen molar-refractivity contribution >= 4 is 0 Å². The van der Waals surface area contributed by atoms with Crippen molar-refractivity contribution in [3.05, 3.63) is 30.1 Å². The Morgan fingerprint density at radius 3 is 2.71 bits per heavy atom. The number of aromatic nitrogens is 1. The minimum Gasteiger partial charge on any atom is -0.380 e. The molecule has 17 heavy (non-hydrogen) atoms. The van der Waals surface area contributed by atoms with E-state index in [1.807, 2.05) is 24.5 Å². The highest BCUT2D eigenvalue weighted by atomic mass is 16.5. The molecular formula is C13H21N3O. The standard InChI is InChI=1S/C13H21N3O/c1-10(14)13(11-3-6-15-7-4-11)16-8-5-12(9-16)17-2/h3-4,6-7,10,12-13H,5,8-9,14H2,1-2H3. The molecule has 0 aromatic carbocycles. The van der Waals surface area contributed by atoms with E-state index >= 15 is 0 Å². The van der Waals surface area contributed by atoms with Gasteiger partial charge >= 0.3 is 0 Å². The summed E-state index contributed by atoms with van der Waals surface area (Å²) in [6.07, 6.45) is 5.09. The van der Waals surface area contributed by atoms with Crippen LogP contribution in [0.5, 0.6) is 0 Å². The first-order valence-electron chi connectivity index (χ1n) is 6.14. The molecule has 4 nitrogen and oxygen atoms in total. The van der Waals surface area contributed by atoms with Crippen LogP contribution in [0, 0.1) is 0 Å². The summed E-state index contributed by atoms with van der Waals surface area (Å²) >= 11 is 0. The van der Waals surface area contributed by atoms with Gasteiger partial charge in [0, 0.05) is 44.7 Å². The number of nitrogens with zero attached hydrogens (tertiary/aromatic N) is 2. The third kappa shape index (κ3) is 2.83. The van der Waals surface area contributed by atoms with Gasteiger partial charge in [0.25, 0.3) is 0 Å². The monoisotopic (exact) mass is 235 g/mol. The quantitative estimate of drug-likeness (QED) is 0.851. The largest absolute Gasteiger partial charge is 0.380 e. The molecule has 0 saturated carbocycles. The minimum absolute atomic E-state index is 0.105. The van der Waals surface area contributed by atoms with Gasteiger partial charge < -0.3 is 10.5 Å². The smallest absolute Gasteiger partial charge is 0.0710 e. The number of nitrogens with two attached hydrogens (primary N) is 1. The molecule has 3 atom stereocenters. The van der Waals surface area contributed by atoms with Crippen molar-refractivity contribution in [1.82, 2.24) is 9.88 Å². The van der Waals surface area contributed by atoms with Gasteiger partial charge in [-0.25, -0.2) is 0 Å². The molecule has 0 spiro atoms. The Kier molecular flexibility index (Phi) is 4.10. The Hall–Kier alpha value is -0.970. The second-order valence-electron chi connectivity index (χ2n) is 4.73. The highest BCUT2D eigenvalue weighted by Gasteiger charge is 2.30.